The van der Waals surface area contributed by atoms with Crippen LogP contribution >= 0.6 is 0 Å². The van der Waals surface area contributed by atoms with E-state index in [-0.39, 0.29) is 12.5 Å². The van der Waals surface area contributed by atoms with E-state index in [4.69, 9.17) is 14.3 Å². The van der Waals surface area contributed by atoms with Crippen molar-refractivity contribution in [2.24, 2.45) is 0 Å². The van der Waals surface area contributed by atoms with E-state index in [0.717, 1.165) is 5.56 Å². The minimum absolute atomic E-state index is 0.201. The Bertz CT molecular complexity index is 655. The van der Waals surface area contributed by atoms with E-state index in [1.54, 1.807) is 24.3 Å². The second-order valence-electron chi connectivity index (χ2n) is 4.62. The van der Waals surface area contributed by atoms with Crippen molar-refractivity contribution >= 4 is 5.97 Å². The smallest absolute Gasteiger partial charge is 0.342 e. The van der Waals surface area contributed by atoms with Gasteiger partial charge in [0.1, 0.15) is 12.2 Å². The molecule has 0 bridgehead atoms. The number of hydroxylamine groups is 1. The number of carbonyl (C=O) groups excluding carboxylic acids is 1. The summed E-state index contributed by atoms with van der Waals surface area (Å²) in [6.07, 6.45) is 0. The molecule has 2 rings (SSSR count). The Morgan fingerprint density at radius 3 is 2.48 bits per heavy atom. The van der Waals surface area contributed by atoms with Gasteiger partial charge in [0.15, 0.2) is 5.75 Å². The number of hydrogen-bond donors (Lipinski definition) is 1. The molecule has 120 valence electrons. The van der Waals surface area contributed by atoms with Crippen LogP contribution in [-0.4, -0.2) is 12.6 Å². The topological polar surface area (TPSA) is 56.8 Å². The van der Waals surface area contributed by atoms with E-state index in [1.807, 2.05) is 37.3 Å². The molecular formula is C18H19NO4. The third-order valence-corrected chi connectivity index (χ3v) is 2.91. The fourth-order valence-corrected chi connectivity index (χ4v) is 1.84. The molecule has 0 radical (unpaired) electrons. The summed E-state index contributed by atoms with van der Waals surface area (Å²) in [5.74, 6) is 0.139. The van der Waals surface area contributed by atoms with Gasteiger partial charge in [-0.15, -0.1) is 0 Å². The molecule has 5 heteroatoms. The Labute approximate surface area is 135 Å². The molecule has 0 spiro atoms. The molecule has 2 aromatic rings. The summed E-state index contributed by atoms with van der Waals surface area (Å²) in [5.41, 5.74) is 3.78. The van der Waals surface area contributed by atoms with Crippen LogP contribution in [0.15, 0.2) is 67.1 Å². The van der Waals surface area contributed by atoms with Crippen LogP contribution in [0.1, 0.15) is 22.8 Å². The Hall–Kier alpha value is -2.95. The molecule has 0 aliphatic carbocycles. The third-order valence-electron chi connectivity index (χ3n) is 2.91. The Balaban J connectivity index is 1.98. The average molecular weight is 313 g/mol. The van der Waals surface area contributed by atoms with E-state index >= 15 is 0 Å². The number of benzene rings is 2. The number of carbonyl (C=O) groups is 1. The van der Waals surface area contributed by atoms with Gasteiger partial charge < -0.3 is 14.3 Å². The first kappa shape index (κ1) is 16.4. The van der Waals surface area contributed by atoms with Gasteiger partial charge in [0.25, 0.3) is 0 Å². The number of esters is 1. The molecule has 23 heavy (non-hydrogen) atoms. The average Bonchev–Trinajstić information content (AvgIpc) is 2.59. The Kier molecular flexibility index (Phi) is 6.06. The highest BCUT2D eigenvalue weighted by Gasteiger charge is 2.14. The summed E-state index contributed by atoms with van der Waals surface area (Å²) in [7, 11) is 0. The van der Waals surface area contributed by atoms with Gasteiger partial charge in [-0.1, -0.05) is 42.5 Å². The molecular weight excluding hydrogens is 294 g/mol. The van der Waals surface area contributed by atoms with Crippen LogP contribution in [0, 0.1) is 0 Å². The van der Waals surface area contributed by atoms with Gasteiger partial charge >= 0.3 is 5.97 Å². The van der Waals surface area contributed by atoms with Crippen molar-refractivity contribution in [3.8, 4) is 5.75 Å². The van der Waals surface area contributed by atoms with Crippen LogP contribution in [-0.2, 0) is 16.1 Å². The van der Waals surface area contributed by atoms with E-state index < -0.39 is 5.97 Å². The summed E-state index contributed by atoms with van der Waals surface area (Å²) in [6, 6.07) is 16.3. The molecule has 0 fully saturated rings. The van der Waals surface area contributed by atoms with Crippen LogP contribution in [0.25, 0.3) is 0 Å². The molecule has 5 nitrogen and oxygen atoms in total. The van der Waals surface area contributed by atoms with Crippen molar-refractivity contribution in [2.75, 3.05) is 6.61 Å². The normalized spacial score (nSPS) is 9.78. The van der Waals surface area contributed by atoms with Gasteiger partial charge in [-0.05, 0) is 31.2 Å². The lowest BCUT2D eigenvalue weighted by Crippen LogP contribution is -2.20. The van der Waals surface area contributed by atoms with Crippen molar-refractivity contribution in [3.63, 3.8) is 0 Å². The minimum atomic E-state index is -0.465. The molecule has 0 aliphatic heterocycles. The van der Waals surface area contributed by atoms with Gasteiger partial charge in [-0.25, -0.2) is 4.79 Å². The lowest BCUT2D eigenvalue weighted by molar-refractivity contribution is 0.0460. The van der Waals surface area contributed by atoms with Crippen LogP contribution in [0.5, 0.6) is 5.75 Å². The molecule has 0 saturated heterocycles. The van der Waals surface area contributed by atoms with Gasteiger partial charge in [-0.2, -0.15) is 5.48 Å². The lowest BCUT2D eigenvalue weighted by Gasteiger charge is -2.13. The van der Waals surface area contributed by atoms with Crippen molar-refractivity contribution in [2.45, 2.75) is 13.5 Å². The zero-order chi connectivity index (χ0) is 16.5. The highest BCUT2D eigenvalue weighted by atomic mass is 16.7. The van der Waals surface area contributed by atoms with Crippen molar-refractivity contribution in [1.29, 1.82) is 0 Å². The largest absolute Gasteiger partial charge is 0.478 e. The fraction of sp³-hybridized carbons (Fsp3) is 0.167. The Morgan fingerprint density at radius 2 is 1.74 bits per heavy atom. The van der Waals surface area contributed by atoms with E-state index in [2.05, 4.69) is 12.1 Å². The number of para-hydroxylation sites is 1. The second-order valence-corrected chi connectivity index (χ2v) is 4.62. The van der Waals surface area contributed by atoms with Gasteiger partial charge in [0.2, 0.25) is 5.88 Å². The van der Waals surface area contributed by atoms with Gasteiger partial charge in [0, 0.05) is 0 Å². The molecule has 1 N–H and O–H groups in total. The molecule has 0 saturated carbocycles. The van der Waals surface area contributed by atoms with E-state index in [0.29, 0.717) is 17.9 Å². The molecule has 0 unspecified atom stereocenters. The maximum absolute atomic E-state index is 12.2. The Morgan fingerprint density at radius 1 is 1.04 bits per heavy atom. The number of nitrogens with one attached hydrogen (secondary N) is 1. The first-order valence-corrected chi connectivity index (χ1v) is 7.25. The van der Waals surface area contributed by atoms with Crippen molar-refractivity contribution < 1.29 is 19.1 Å². The van der Waals surface area contributed by atoms with E-state index in [9.17, 15) is 4.79 Å². The first-order chi connectivity index (χ1) is 11.2. The second kappa shape index (κ2) is 8.48. The summed E-state index contributed by atoms with van der Waals surface area (Å²) >= 11 is 0. The lowest BCUT2D eigenvalue weighted by atomic mass is 10.2. The summed E-state index contributed by atoms with van der Waals surface area (Å²) in [6.45, 7) is 6.14. The first-order valence-electron chi connectivity index (χ1n) is 7.25. The zero-order valence-electron chi connectivity index (χ0n) is 13.0. The number of rotatable bonds is 8. The quantitative estimate of drug-likeness (QED) is 0.460. The van der Waals surface area contributed by atoms with E-state index in [1.165, 1.54) is 0 Å². The predicted molar refractivity (Wildman–Crippen MR) is 86.5 cm³/mol. The molecule has 0 atom stereocenters. The fourth-order valence-electron chi connectivity index (χ4n) is 1.84. The molecule has 0 aliphatic rings. The maximum Gasteiger partial charge on any atom is 0.342 e. The van der Waals surface area contributed by atoms with Crippen LogP contribution in [0.4, 0.5) is 0 Å². The summed E-state index contributed by atoms with van der Waals surface area (Å²) in [4.78, 5) is 17.6. The molecule has 2 aromatic carbocycles. The standard InChI is InChI=1S/C18H19NO4/c1-3-21-14(2)19-23-17-12-8-7-11-16(17)18(20)22-13-15-9-5-4-6-10-15/h4-12,19H,2-3,13H2,1H3. The molecule has 0 aromatic heterocycles. The minimum Gasteiger partial charge on any atom is -0.478 e. The molecule has 0 amide bonds. The van der Waals surface area contributed by atoms with Crippen LogP contribution in [0.2, 0.25) is 0 Å². The highest BCUT2D eigenvalue weighted by Crippen LogP contribution is 2.19. The highest BCUT2D eigenvalue weighted by molar-refractivity contribution is 5.92. The van der Waals surface area contributed by atoms with Crippen molar-refractivity contribution in [1.82, 2.24) is 5.48 Å². The van der Waals surface area contributed by atoms with Crippen molar-refractivity contribution in [3.05, 3.63) is 78.2 Å². The SMILES string of the molecule is C=C(NOc1ccccc1C(=O)OCc1ccccc1)OCC. The van der Waals surface area contributed by atoms with Gasteiger partial charge in [-0.3, -0.25) is 0 Å². The summed E-state index contributed by atoms with van der Waals surface area (Å²) < 4.78 is 10.4. The number of hydrogen-bond acceptors (Lipinski definition) is 5. The molecule has 0 heterocycles. The predicted octanol–water partition coefficient (Wildman–Crippen LogP) is 3.43. The summed E-state index contributed by atoms with van der Waals surface area (Å²) in [5, 5.41) is 0. The van der Waals surface area contributed by atoms with Crippen LogP contribution < -0.4 is 10.3 Å². The monoisotopic (exact) mass is 313 g/mol. The zero-order valence-corrected chi connectivity index (χ0v) is 13.0. The number of ether oxygens (including phenoxy) is 2. The van der Waals surface area contributed by atoms with Crippen LogP contribution in [0.3, 0.4) is 0 Å². The third kappa shape index (κ3) is 5.07. The van der Waals surface area contributed by atoms with Gasteiger partial charge in [0.05, 0.1) is 6.61 Å². The maximum atomic E-state index is 12.2.